The lowest BCUT2D eigenvalue weighted by molar-refractivity contribution is -0.137. The summed E-state index contributed by atoms with van der Waals surface area (Å²) in [7, 11) is 0. The first-order valence-corrected chi connectivity index (χ1v) is 6.28. The summed E-state index contributed by atoms with van der Waals surface area (Å²) in [6.45, 7) is 1.64. The minimum absolute atomic E-state index is 0.468. The molecule has 1 nitrogen and oxygen atoms in total. The summed E-state index contributed by atoms with van der Waals surface area (Å²) in [5.41, 5.74) is 1.82. The predicted octanol–water partition coefficient (Wildman–Crippen LogP) is 4.51. The van der Waals surface area contributed by atoms with E-state index in [1.807, 2.05) is 0 Å². The Morgan fingerprint density at radius 2 is 1.89 bits per heavy atom. The molecule has 0 radical (unpaired) electrons. The summed E-state index contributed by atoms with van der Waals surface area (Å²) in [5, 5.41) is 0. The smallest absolute Gasteiger partial charge is 0.256 e. The topological polar surface area (TPSA) is 12.9 Å². The van der Waals surface area contributed by atoms with Crippen LogP contribution in [-0.2, 0) is 11.9 Å². The molecule has 19 heavy (non-hydrogen) atoms. The maximum Gasteiger partial charge on any atom is 0.416 e. The Morgan fingerprint density at radius 1 is 1.16 bits per heavy atom. The van der Waals surface area contributed by atoms with Crippen molar-refractivity contribution in [1.29, 1.82) is 0 Å². The zero-order chi connectivity index (χ0) is 14.0. The van der Waals surface area contributed by atoms with Gasteiger partial charge < -0.3 is 0 Å². The second kappa shape index (κ2) is 5.25. The summed E-state index contributed by atoms with van der Waals surface area (Å²) >= 11 is 4.15. The molecule has 0 bridgehead atoms. The molecule has 0 atom stereocenters. The van der Waals surface area contributed by atoms with Crippen molar-refractivity contribution in [2.24, 2.45) is 0 Å². The molecular formula is C14H12F3NS. The Morgan fingerprint density at radius 3 is 2.53 bits per heavy atom. The number of aromatic nitrogens is 1. The molecule has 0 aliphatic carbocycles. The summed E-state index contributed by atoms with van der Waals surface area (Å²) in [4.78, 5) is 4.12. The molecule has 0 amide bonds. The fourth-order valence-corrected chi connectivity index (χ4v) is 2.02. The van der Waals surface area contributed by atoms with E-state index in [-0.39, 0.29) is 0 Å². The average molecular weight is 283 g/mol. The number of alkyl halides is 3. The van der Waals surface area contributed by atoms with Crippen LogP contribution < -0.4 is 0 Å². The van der Waals surface area contributed by atoms with Crippen LogP contribution in [0.3, 0.4) is 0 Å². The Labute approximate surface area is 114 Å². The lowest BCUT2D eigenvalue weighted by Gasteiger charge is -2.10. The minimum atomic E-state index is -4.35. The van der Waals surface area contributed by atoms with E-state index in [4.69, 9.17) is 0 Å². The second-order valence-electron chi connectivity index (χ2n) is 4.29. The van der Waals surface area contributed by atoms with Gasteiger partial charge in [0.05, 0.1) is 11.3 Å². The van der Waals surface area contributed by atoms with Gasteiger partial charge in [-0.05, 0) is 48.4 Å². The molecule has 0 spiro atoms. The predicted molar refractivity (Wildman–Crippen MR) is 72.1 cm³/mol. The van der Waals surface area contributed by atoms with Gasteiger partial charge in [-0.15, -0.1) is 0 Å². The monoisotopic (exact) mass is 283 g/mol. The van der Waals surface area contributed by atoms with Crippen LogP contribution in [0.5, 0.6) is 0 Å². The lowest BCUT2D eigenvalue weighted by Crippen LogP contribution is -2.05. The molecule has 0 aliphatic rings. The lowest BCUT2D eigenvalue weighted by atomic mass is 10.0. The van der Waals surface area contributed by atoms with Gasteiger partial charge in [0.1, 0.15) is 0 Å². The third-order valence-corrected chi connectivity index (χ3v) is 3.07. The third-order valence-electron chi connectivity index (χ3n) is 2.71. The molecule has 0 saturated heterocycles. The molecule has 0 saturated carbocycles. The van der Waals surface area contributed by atoms with Crippen LogP contribution in [0.15, 0.2) is 36.5 Å². The number of thiol groups is 1. The number of nitrogens with zero attached hydrogens (tertiary/aromatic N) is 1. The van der Waals surface area contributed by atoms with Crippen molar-refractivity contribution in [2.75, 3.05) is 0 Å². The highest BCUT2D eigenvalue weighted by molar-refractivity contribution is 7.79. The van der Waals surface area contributed by atoms with E-state index in [0.29, 0.717) is 22.6 Å². The molecule has 0 fully saturated rings. The molecule has 5 heteroatoms. The van der Waals surface area contributed by atoms with Gasteiger partial charge in [0, 0.05) is 17.5 Å². The summed E-state index contributed by atoms with van der Waals surface area (Å²) < 4.78 is 38.3. The number of hydrogen-bond acceptors (Lipinski definition) is 2. The summed E-state index contributed by atoms with van der Waals surface area (Å²) in [6.07, 6.45) is -2.77. The first-order valence-electron chi connectivity index (χ1n) is 5.65. The van der Waals surface area contributed by atoms with Crippen LogP contribution in [0.4, 0.5) is 13.2 Å². The van der Waals surface area contributed by atoms with Gasteiger partial charge in [-0.1, -0.05) is 0 Å². The number of halogens is 3. The largest absolute Gasteiger partial charge is 0.416 e. The molecule has 2 aromatic rings. The Bertz CT molecular complexity index is 593. The number of rotatable bonds is 2. The normalized spacial score (nSPS) is 11.6. The molecule has 0 unspecified atom stereocenters. The van der Waals surface area contributed by atoms with Crippen LogP contribution in [-0.4, -0.2) is 4.98 Å². The van der Waals surface area contributed by atoms with Crippen LogP contribution >= 0.6 is 12.6 Å². The van der Waals surface area contributed by atoms with Gasteiger partial charge in [-0.25, -0.2) is 0 Å². The third kappa shape index (κ3) is 3.29. The quantitative estimate of drug-likeness (QED) is 0.800. The summed E-state index contributed by atoms with van der Waals surface area (Å²) in [5.74, 6) is 0.521. The fraction of sp³-hybridized carbons (Fsp3) is 0.214. The number of hydrogen-bond donors (Lipinski definition) is 1. The maximum atomic E-state index is 12.8. The Kier molecular flexibility index (Phi) is 3.85. The van der Waals surface area contributed by atoms with Crippen LogP contribution in [0.2, 0.25) is 0 Å². The van der Waals surface area contributed by atoms with E-state index in [1.165, 1.54) is 0 Å². The summed E-state index contributed by atoms with van der Waals surface area (Å²) in [6, 6.07) is 7.49. The van der Waals surface area contributed by atoms with Crippen molar-refractivity contribution in [3.63, 3.8) is 0 Å². The van der Waals surface area contributed by atoms with Crippen molar-refractivity contribution in [2.45, 2.75) is 18.9 Å². The van der Waals surface area contributed by atoms with Crippen molar-refractivity contribution in [3.8, 4) is 11.3 Å². The zero-order valence-corrected chi connectivity index (χ0v) is 11.1. The van der Waals surface area contributed by atoms with E-state index in [9.17, 15) is 13.2 Å². The Balaban J connectivity index is 2.53. The Hall–Kier alpha value is -1.49. The van der Waals surface area contributed by atoms with E-state index in [1.54, 1.807) is 31.3 Å². The molecule has 0 aliphatic heterocycles. The first kappa shape index (κ1) is 13.9. The highest BCUT2D eigenvalue weighted by Crippen LogP contribution is 2.33. The van der Waals surface area contributed by atoms with Crippen molar-refractivity contribution >= 4 is 12.6 Å². The van der Waals surface area contributed by atoms with Gasteiger partial charge in [0.15, 0.2) is 0 Å². The van der Waals surface area contributed by atoms with E-state index < -0.39 is 11.7 Å². The van der Waals surface area contributed by atoms with Crippen molar-refractivity contribution in [3.05, 3.63) is 53.2 Å². The average Bonchev–Trinajstić information content (AvgIpc) is 2.37. The van der Waals surface area contributed by atoms with Crippen LogP contribution in [0, 0.1) is 6.92 Å². The molecule has 0 N–H and O–H groups in total. The standard InChI is InChI=1S/C14H12F3NS/c1-9-4-11(7-12(5-9)14(15,16)17)13-6-10(8-19)2-3-18-13/h2-7,19H,8H2,1H3. The zero-order valence-electron chi connectivity index (χ0n) is 10.2. The van der Waals surface area contributed by atoms with Crippen LogP contribution in [0.1, 0.15) is 16.7 Å². The molecule has 1 aromatic carbocycles. The highest BCUT2D eigenvalue weighted by Gasteiger charge is 2.31. The fourth-order valence-electron chi connectivity index (χ4n) is 1.83. The SMILES string of the molecule is Cc1cc(-c2cc(CS)ccn2)cc(C(F)(F)F)c1. The number of pyridine rings is 1. The van der Waals surface area contributed by atoms with Crippen molar-refractivity contribution < 1.29 is 13.2 Å². The van der Waals surface area contributed by atoms with E-state index in [2.05, 4.69) is 17.6 Å². The highest BCUT2D eigenvalue weighted by atomic mass is 32.1. The number of benzene rings is 1. The van der Waals surface area contributed by atoms with E-state index >= 15 is 0 Å². The number of aryl methyl sites for hydroxylation is 1. The first-order chi connectivity index (χ1) is 8.90. The van der Waals surface area contributed by atoms with Gasteiger partial charge >= 0.3 is 6.18 Å². The molecule has 100 valence electrons. The second-order valence-corrected chi connectivity index (χ2v) is 4.61. The van der Waals surface area contributed by atoms with Crippen molar-refractivity contribution in [1.82, 2.24) is 4.98 Å². The van der Waals surface area contributed by atoms with Gasteiger partial charge in [0.2, 0.25) is 0 Å². The molecular weight excluding hydrogens is 271 g/mol. The van der Waals surface area contributed by atoms with Crippen LogP contribution in [0.25, 0.3) is 11.3 Å². The van der Waals surface area contributed by atoms with Gasteiger partial charge in [-0.3, -0.25) is 4.98 Å². The minimum Gasteiger partial charge on any atom is -0.256 e. The van der Waals surface area contributed by atoms with Gasteiger partial charge in [0.25, 0.3) is 0 Å². The van der Waals surface area contributed by atoms with E-state index in [0.717, 1.165) is 17.7 Å². The van der Waals surface area contributed by atoms with Gasteiger partial charge in [-0.2, -0.15) is 25.8 Å². The molecule has 2 rings (SSSR count). The molecule has 1 aromatic heterocycles. The molecule has 1 heterocycles. The maximum absolute atomic E-state index is 12.8.